The van der Waals surface area contributed by atoms with Crippen molar-refractivity contribution < 1.29 is 14.5 Å². The van der Waals surface area contributed by atoms with Crippen LogP contribution in [-0.2, 0) is 0 Å². The maximum Gasteiger partial charge on any atom is 0.270 e. The van der Waals surface area contributed by atoms with Crippen LogP contribution in [0.2, 0.25) is 5.02 Å². The van der Waals surface area contributed by atoms with Gasteiger partial charge in [0.1, 0.15) is 5.75 Å². The number of benzene rings is 2. The molecule has 28 heavy (non-hydrogen) atoms. The zero-order valence-corrected chi connectivity index (χ0v) is 16.8. The van der Waals surface area contributed by atoms with Crippen molar-refractivity contribution in [3.05, 3.63) is 57.1 Å². The molecule has 0 fully saturated rings. The number of amides is 1. The number of halogens is 1. The van der Waals surface area contributed by atoms with Crippen LogP contribution in [0.4, 0.5) is 10.8 Å². The summed E-state index contributed by atoms with van der Waals surface area (Å²) >= 11 is 12.4. The molecule has 0 aliphatic heterocycles. The number of non-ortho nitro benzene ring substituents is 1. The molecule has 144 valence electrons. The van der Waals surface area contributed by atoms with E-state index in [4.69, 9.17) is 28.6 Å². The van der Waals surface area contributed by atoms with Crippen molar-refractivity contribution in [2.24, 2.45) is 0 Å². The summed E-state index contributed by atoms with van der Waals surface area (Å²) in [5.41, 5.74) is 0.883. The molecule has 0 saturated heterocycles. The third-order valence-corrected chi connectivity index (χ3v) is 4.96. The van der Waals surface area contributed by atoms with E-state index < -0.39 is 10.8 Å². The number of hydrogen-bond acceptors (Lipinski definition) is 7. The number of anilines is 1. The number of thiocarbonyl (C=S) groups is 1. The Balaban J connectivity index is 1.68. The number of thiazole rings is 1. The third-order valence-electron chi connectivity index (χ3n) is 3.52. The number of nitro benzene ring substituents is 1. The lowest BCUT2D eigenvalue weighted by Crippen LogP contribution is -2.34. The fourth-order valence-electron chi connectivity index (χ4n) is 2.30. The molecule has 2 N–H and O–H groups in total. The Bertz CT molecular complexity index is 1090. The van der Waals surface area contributed by atoms with Gasteiger partial charge < -0.3 is 10.1 Å². The summed E-state index contributed by atoms with van der Waals surface area (Å²) in [7, 11) is 0. The molecule has 0 atom stereocenters. The Morgan fingerprint density at radius 3 is 2.82 bits per heavy atom. The van der Waals surface area contributed by atoms with Gasteiger partial charge in [0.25, 0.3) is 11.6 Å². The lowest BCUT2D eigenvalue weighted by atomic mass is 10.2. The van der Waals surface area contributed by atoms with Crippen molar-refractivity contribution in [1.29, 1.82) is 0 Å². The van der Waals surface area contributed by atoms with Crippen LogP contribution in [-0.4, -0.2) is 27.5 Å². The number of nitro groups is 1. The summed E-state index contributed by atoms with van der Waals surface area (Å²) in [6.07, 6.45) is 0. The molecule has 8 nitrogen and oxygen atoms in total. The lowest BCUT2D eigenvalue weighted by Gasteiger charge is -2.09. The Labute approximate surface area is 173 Å². The average Bonchev–Trinajstić information content (AvgIpc) is 3.04. The summed E-state index contributed by atoms with van der Waals surface area (Å²) in [5, 5.41) is 17.0. The van der Waals surface area contributed by atoms with Crippen molar-refractivity contribution in [3.8, 4) is 5.75 Å². The van der Waals surface area contributed by atoms with Crippen LogP contribution in [0.3, 0.4) is 0 Å². The van der Waals surface area contributed by atoms with Gasteiger partial charge in [0.05, 0.1) is 26.8 Å². The van der Waals surface area contributed by atoms with Crippen LogP contribution in [0.1, 0.15) is 17.3 Å². The highest BCUT2D eigenvalue weighted by molar-refractivity contribution is 7.80. The SMILES string of the molecule is CCOc1ccc(C(=O)NC(=S)Nc2nc3ccc([N+](=O)[O-])cc3s2)cc1Cl. The normalized spacial score (nSPS) is 10.5. The summed E-state index contributed by atoms with van der Waals surface area (Å²) in [6, 6.07) is 9.03. The maximum atomic E-state index is 12.3. The third kappa shape index (κ3) is 4.53. The van der Waals surface area contributed by atoms with Crippen LogP contribution in [0.5, 0.6) is 5.75 Å². The molecule has 0 saturated carbocycles. The number of rotatable bonds is 5. The molecule has 11 heteroatoms. The van der Waals surface area contributed by atoms with Crippen molar-refractivity contribution in [3.63, 3.8) is 0 Å². The standard InChI is InChI=1S/C17H13ClN4O4S2/c1-2-26-13-6-3-9(7-11(13)18)15(23)20-16(27)21-17-19-12-5-4-10(22(24)25)8-14(12)28-17/h3-8H,2H2,1H3,(H2,19,20,21,23,27). The molecule has 3 rings (SSSR count). The van der Waals surface area contributed by atoms with E-state index in [-0.39, 0.29) is 10.8 Å². The van der Waals surface area contributed by atoms with E-state index in [1.807, 2.05) is 6.92 Å². The molecule has 0 radical (unpaired) electrons. The second kappa shape index (κ2) is 8.46. The van der Waals surface area contributed by atoms with Crippen molar-refractivity contribution in [2.45, 2.75) is 6.92 Å². The molecular formula is C17H13ClN4O4S2. The Morgan fingerprint density at radius 1 is 1.36 bits per heavy atom. The molecule has 0 unspecified atom stereocenters. The molecular weight excluding hydrogens is 424 g/mol. The maximum absolute atomic E-state index is 12.3. The minimum Gasteiger partial charge on any atom is -0.492 e. The van der Waals surface area contributed by atoms with E-state index in [9.17, 15) is 14.9 Å². The highest BCUT2D eigenvalue weighted by Gasteiger charge is 2.14. The molecule has 1 amide bonds. The fraction of sp³-hybridized carbons (Fsp3) is 0.118. The topological polar surface area (TPSA) is 106 Å². The van der Waals surface area contributed by atoms with Gasteiger partial charge in [-0.25, -0.2) is 4.98 Å². The van der Waals surface area contributed by atoms with E-state index in [1.54, 1.807) is 18.2 Å². The fourth-order valence-corrected chi connectivity index (χ4v) is 3.69. The number of hydrogen-bond donors (Lipinski definition) is 2. The molecule has 0 aliphatic carbocycles. The molecule has 0 aliphatic rings. The number of fused-ring (bicyclic) bond motifs is 1. The van der Waals surface area contributed by atoms with E-state index in [0.29, 0.717) is 38.3 Å². The highest BCUT2D eigenvalue weighted by Crippen LogP contribution is 2.29. The van der Waals surface area contributed by atoms with E-state index in [2.05, 4.69) is 15.6 Å². The molecule has 1 heterocycles. The number of aromatic nitrogens is 1. The minimum atomic E-state index is -0.473. The summed E-state index contributed by atoms with van der Waals surface area (Å²) in [6.45, 7) is 2.30. The number of nitrogens with zero attached hydrogens (tertiary/aromatic N) is 2. The molecule has 0 spiro atoms. The quantitative estimate of drug-likeness (QED) is 0.347. The first kappa shape index (κ1) is 19.9. The van der Waals surface area contributed by atoms with Gasteiger partial charge >= 0.3 is 0 Å². The van der Waals surface area contributed by atoms with Gasteiger partial charge in [0.2, 0.25) is 0 Å². The van der Waals surface area contributed by atoms with E-state index in [1.165, 1.54) is 29.5 Å². The monoisotopic (exact) mass is 436 g/mol. The Hall–Kier alpha value is -2.82. The van der Waals surface area contributed by atoms with Crippen LogP contribution < -0.4 is 15.4 Å². The van der Waals surface area contributed by atoms with Gasteiger partial charge in [-0.2, -0.15) is 0 Å². The minimum absolute atomic E-state index is 0.0223. The second-order valence-corrected chi connectivity index (χ2v) is 7.26. The van der Waals surface area contributed by atoms with E-state index in [0.717, 1.165) is 0 Å². The zero-order valence-electron chi connectivity index (χ0n) is 14.4. The first-order chi connectivity index (χ1) is 13.4. The van der Waals surface area contributed by atoms with Gasteiger partial charge in [-0.15, -0.1) is 0 Å². The predicted octanol–water partition coefficient (Wildman–Crippen LogP) is 4.38. The van der Waals surface area contributed by atoms with Gasteiger partial charge in [-0.3, -0.25) is 20.2 Å². The Morgan fingerprint density at radius 2 is 2.14 bits per heavy atom. The summed E-state index contributed by atoms with van der Waals surface area (Å²) < 4.78 is 5.96. The van der Waals surface area contributed by atoms with Crippen molar-refractivity contribution >= 4 is 67.2 Å². The molecule has 2 aromatic carbocycles. The Kier molecular flexibility index (Phi) is 6.02. The van der Waals surface area contributed by atoms with Crippen LogP contribution in [0.15, 0.2) is 36.4 Å². The molecule has 1 aromatic heterocycles. The zero-order chi connectivity index (χ0) is 20.3. The van der Waals surface area contributed by atoms with Crippen LogP contribution in [0.25, 0.3) is 10.2 Å². The largest absolute Gasteiger partial charge is 0.492 e. The smallest absolute Gasteiger partial charge is 0.270 e. The first-order valence-electron chi connectivity index (χ1n) is 7.97. The van der Waals surface area contributed by atoms with Gasteiger partial charge in [-0.1, -0.05) is 22.9 Å². The number of nitrogens with one attached hydrogen (secondary N) is 2. The summed E-state index contributed by atoms with van der Waals surface area (Å²) in [5.74, 6) is 0.0455. The van der Waals surface area contributed by atoms with Crippen molar-refractivity contribution in [2.75, 3.05) is 11.9 Å². The molecule has 3 aromatic rings. The van der Waals surface area contributed by atoms with Crippen molar-refractivity contribution in [1.82, 2.24) is 10.3 Å². The lowest BCUT2D eigenvalue weighted by molar-refractivity contribution is -0.384. The van der Waals surface area contributed by atoms with Gasteiger partial charge in [0.15, 0.2) is 10.2 Å². The summed E-state index contributed by atoms with van der Waals surface area (Å²) in [4.78, 5) is 27.0. The van der Waals surface area contributed by atoms with Gasteiger partial charge in [0, 0.05) is 17.7 Å². The number of carbonyl (C=O) groups excluding carboxylic acids is 1. The second-order valence-electron chi connectivity index (χ2n) is 5.41. The average molecular weight is 437 g/mol. The van der Waals surface area contributed by atoms with Crippen LogP contribution >= 0.6 is 35.2 Å². The first-order valence-corrected chi connectivity index (χ1v) is 9.57. The number of carbonyl (C=O) groups is 1. The number of ether oxygens (including phenoxy) is 1. The highest BCUT2D eigenvalue weighted by atomic mass is 35.5. The van der Waals surface area contributed by atoms with E-state index >= 15 is 0 Å². The molecule has 0 bridgehead atoms. The predicted molar refractivity (Wildman–Crippen MR) is 113 cm³/mol. The van der Waals surface area contributed by atoms with Crippen LogP contribution in [0, 0.1) is 10.1 Å². The van der Waals surface area contributed by atoms with Gasteiger partial charge in [-0.05, 0) is 43.4 Å².